The molecule has 0 bridgehead atoms. The molecule has 1 fully saturated rings. The lowest BCUT2D eigenvalue weighted by Gasteiger charge is -2.29. The van der Waals surface area contributed by atoms with Gasteiger partial charge in [0.1, 0.15) is 5.65 Å². The first kappa shape index (κ1) is 33.3. The van der Waals surface area contributed by atoms with Gasteiger partial charge >= 0.3 is 0 Å². The Morgan fingerprint density at radius 3 is 2.58 bits per heavy atom. The third-order valence-electron chi connectivity index (χ3n) is 8.26. The van der Waals surface area contributed by atoms with E-state index in [0.717, 1.165) is 48.2 Å². The van der Waals surface area contributed by atoms with E-state index in [1.165, 1.54) is 44.9 Å². The fourth-order valence-electron chi connectivity index (χ4n) is 4.83. The van der Waals surface area contributed by atoms with Crippen LogP contribution in [0.4, 0.5) is 5.69 Å². The number of aliphatic imine (C=N–C) groups is 1. The summed E-state index contributed by atoms with van der Waals surface area (Å²) in [7, 11) is 1.73. The lowest BCUT2D eigenvalue weighted by atomic mass is 9.98. The van der Waals surface area contributed by atoms with Gasteiger partial charge < -0.3 is 4.90 Å². The number of aromatic nitrogens is 2. The Hall–Kier alpha value is -2.95. The predicted octanol–water partition coefficient (Wildman–Crippen LogP) is 8.82. The van der Waals surface area contributed by atoms with Gasteiger partial charge in [0.05, 0.1) is 17.1 Å². The molecule has 0 N–H and O–H groups in total. The van der Waals surface area contributed by atoms with E-state index < -0.39 is 0 Å². The Kier molecular flexibility index (Phi) is 14.1. The number of nitrogens with zero attached hydrogens (tertiary/aromatic N) is 4. The van der Waals surface area contributed by atoms with Crippen molar-refractivity contribution in [2.45, 2.75) is 99.8 Å². The van der Waals surface area contributed by atoms with Crippen molar-refractivity contribution in [1.29, 1.82) is 0 Å². The Balaban J connectivity index is 0.000000478. The highest BCUT2D eigenvalue weighted by Crippen LogP contribution is 2.22. The molecule has 40 heavy (non-hydrogen) atoms. The van der Waals surface area contributed by atoms with E-state index in [9.17, 15) is 4.79 Å². The molecule has 2 aromatic rings. The quantitative estimate of drug-likeness (QED) is 0.179. The minimum Gasteiger partial charge on any atom is -0.370 e. The Bertz CT molecular complexity index is 1250. The molecule has 2 aromatic heterocycles. The maximum atomic E-state index is 12.9. The molecule has 0 saturated carbocycles. The number of anilines is 1. The van der Waals surface area contributed by atoms with Crippen LogP contribution in [0.3, 0.4) is 0 Å². The van der Waals surface area contributed by atoms with Gasteiger partial charge in [-0.05, 0) is 81.6 Å². The van der Waals surface area contributed by atoms with Crippen molar-refractivity contribution in [1.82, 2.24) is 9.38 Å². The van der Waals surface area contributed by atoms with Crippen LogP contribution in [0.15, 0.2) is 69.6 Å². The Morgan fingerprint density at radius 1 is 1.18 bits per heavy atom. The molecule has 0 radical (unpaired) electrons. The van der Waals surface area contributed by atoms with Crippen LogP contribution in [0.2, 0.25) is 0 Å². The van der Waals surface area contributed by atoms with E-state index in [4.69, 9.17) is 4.98 Å². The van der Waals surface area contributed by atoms with Crippen molar-refractivity contribution in [3.05, 3.63) is 75.9 Å². The van der Waals surface area contributed by atoms with Gasteiger partial charge in [0, 0.05) is 32.4 Å². The van der Waals surface area contributed by atoms with Crippen LogP contribution in [-0.4, -0.2) is 35.2 Å². The fourth-order valence-corrected chi connectivity index (χ4v) is 4.83. The zero-order valence-electron chi connectivity index (χ0n) is 26.6. The largest absolute Gasteiger partial charge is 0.370 e. The van der Waals surface area contributed by atoms with E-state index in [1.54, 1.807) is 23.1 Å². The van der Waals surface area contributed by atoms with Crippen LogP contribution in [0.5, 0.6) is 0 Å². The van der Waals surface area contributed by atoms with E-state index in [1.807, 2.05) is 25.3 Å². The second-order valence-electron chi connectivity index (χ2n) is 11.4. The number of rotatable bonds is 9. The van der Waals surface area contributed by atoms with Crippen molar-refractivity contribution >= 4 is 17.0 Å². The summed E-state index contributed by atoms with van der Waals surface area (Å²) in [5, 5.41) is 0. The average molecular weight is 547 g/mol. The summed E-state index contributed by atoms with van der Waals surface area (Å²) < 4.78 is 1.65. The summed E-state index contributed by atoms with van der Waals surface area (Å²) in [5.74, 6) is 1.54. The minimum atomic E-state index is -0.0845. The van der Waals surface area contributed by atoms with E-state index >= 15 is 0 Å². The summed E-state index contributed by atoms with van der Waals surface area (Å²) in [4.78, 5) is 24.4. The molecule has 0 aromatic carbocycles. The van der Waals surface area contributed by atoms with Crippen LogP contribution in [0.1, 0.15) is 106 Å². The Morgan fingerprint density at radius 2 is 1.93 bits per heavy atom. The second-order valence-corrected chi connectivity index (χ2v) is 11.4. The molecule has 2 unspecified atom stereocenters. The molecule has 1 aliphatic rings. The summed E-state index contributed by atoms with van der Waals surface area (Å²) in [5.41, 5.74) is 6.61. The van der Waals surface area contributed by atoms with Crippen molar-refractivity contribution in [3.63, 3.8) is 0 Å². The van der Waals surface area contributed by atoms with Gasteiger partial charge in [0.15, 0.2) is 0 Å². The van der Waals surface area contributed by atoms with E-state index in [-0.39, 0.29) is 5.56 Å². The van der Waals surface area contributed by atoms with Gasteiger partial charge in [-0.1, -0.05) is 77.7 Å². The minimum absolute atomic E-state index is 0.0845. The van der Waals surface area contributed by atoms with Crippen LogP contribution < -0.4 is 10.5 Å². The molecular weight excluding hydrogens is 492 g/mol. The molecular formula is C35H54N4O. The summed E-state index contributed by atoms with van der Waals surface area (Å²) >= 11 is 0. The van der Waals surface area contributed by atoms with E-state index in [2.05, 4.69) is 70.2 Å². The van der Waals surface area contributed by atoms with Gasteiger partial charge in [-0.3, -0.25) is 14.2 Å². The normalized spacial score (nSPS) is 18.1. The summed E-state index contributed by atoms with van der Waals surface area (Å²) in [6.45, 7) is 21.6. The maximum Gasteiger partial charge on any atom is 0.258 e. The van der Waals surface area contributed by atoms with Crippen LogP contribution in [0.25, 0.3) is 5.65 Å². The number of pyridine rings is 1. The van der Waals surface area contributed by atoms with E-state index in [0.29, 0.717) is 17.1 Å². The van der Waals surface area contributed by atoms with Gasteiger partial charge in [0.2, 0.25) is 0 Å². The van der Waals surface area contributed by atoms with Crippen molar-refractivity contribution < 1.29 is 0 Å². The highest BCUT2D eigenvalue weighted by atomic mass is 16.1. The first-order valence-corrected chi connectivity index (χ1v) is 15.4. The van der Waals surface area contributed by atoms with Gasteiger partial charge in [-0.2, -0.15) is 0 Å². The topological polar surface area (TPSA) is 50.0 Å². The zero-order chi connectivity index (χ0) is 29.7. The number of hydrogen-bond donors (Lipinski definition) is 0. The molecule has 3 rings (SSSR count). The highest BCUT2D eigenvalue weighted by Gasteiger charge is 2.15. The van der Waals surface area contributed by atoms with Gasteiger partial charge in [-0.25, -0.2) is 4.98 Å². The number of fused-ring (bicyclic) bond motifs is 1. The zero-order valence-corrected chi connectivity index (χ0v) is 26.6. The lowest BCUT2D eigenvalue weighted by molar-refractivity contribution is 0.438. The molecule has 0 aliphatic carbocycles. The summed E-state index contributed by atoms with van der Waals surface area (Å²) in [6.07, 6.45) is 15.9. The molecule has 3 heterocycles. The molecule has 0 spiro atoms. The van der Waals surface area contributed by atoms with Crippen molar-refractivity contribution in [3.8, 4) is 0 Å². The fraction of sp³-hybridized carbons (Fsp3) is 0.571. The highest BCUT2D eigenvalue weighted by molar-refractivity contribution is 6.08. The second kappa shape index (κ2) is 17.0. The molecule has 5 nitrogen and oxygen atoms in total. The number of unbranched alkanes of at least 4 members (excludes halogenated alkanes) is 1. The monoisotopic (exact) mass is 546 g/mol. The number of allylic oxidation sites excluding steroid dienone is 5. The first-order chi connectivity index (χ1) is 19.1. The van der Waals surface area contributed by atoms with Crippen LogP contribution >= 0.6 is 0 Å². The molecule has 1 saturated heterocycles. The van der Waals surface area contributed by atoms with Gasteiger partial charge in [0.25, 0.3) is 5.56 Å². The standard InChI is InChI=1S/C25H34N4O.C10H20/c1-6-19(3)20(4)15-22(26-5)23-16-25(30)29-17-21(10-11-24(29)27-23)28-13-8-7-9-18(2)12-14-28;1-5-7-8-10(4)9(3)6-2/h10-11,15-18H,3,6-9,12-14H2,1-2,4-5H3;8-9H,5-7H2,1-4H3/b20-15+,26-22?;10-8-. The van der Waals surface area contributed by atoms with Crippen LogP contribution in [-0.2, 0) is 0 Å². The number of hydrogen-bond acceptors (Lipinski definition) is 4. The predicted molar refractivity (Wildman–Crippen MR) is 175 cm³/mol. The first-order valence-electron chi connectivity index (χ1n) is 15.4. The van der Waals surface area contributed by atoms with Crippen molar-refractivity contribution in [2.24, 2.45) is 16.8 Å². The summed E-state index contributed by atoms with van der Waals surface area (Å²) in [6, 6.07) is 5.60. The molecule has 5 heteroatoms. The third kappa shape index (κ3) is 9.91. The average Bonchev–Trinajstić information content (AvgIpc) is 2.95. The maximum absolute atomic E-state index is 12.9. The molecule has 0 amide bonds. The van der Waals surface area contributed by atoms with Crippen LogP contribution in [0, 0.1) is 11.8 Å². The lowest BCUT2D eigenvalue weighted by Crippen LogP contribution is -2.29. The SMILES string of the molecule is C=C(CC)/C(C)=C/C(=NC)c1cc(=O)n2cc(N3CCCCC(C)CC3)ccc2n1.CCC/C=C(/C)C(C)CC. The van der Waals surface area contributed by atoms with Crippen molar-refractivity contribution in [2.75, 3.05) is 25.0 Å². The molecule has 220 valence electrons. The molecule has 1 aliphatic heterocycles. The third-order valence-corrected chi connectivity index (χ3v) is 8.26. The smallest absolute Gasteiger partial charge is 0.258 e. The Labute approximate surface area is 243 Å². The molecule has 2 atom stereocenters. The van der Waals surface area contributed by atoms with Gasteiger partial charge in [-0.15, -0.1) is 0 Å².